The molecule has 0 fully saturated rings. The second-order valence-corrected chi connectivity index (χ2v) is 8.55. The number of hydrogen-bond acceptors (Lipinski definition) is 3. The Morgan fingerprint density at radius 1 is 0.931 bits per heavy atom. The van der Waals surface area contributed by atoms with Crippen molar-refractivity contribution in [3.05, 3.63) is 89.7 Å². The SMILES string of the molecule is Cc1ccc(S(=O)(=O)N(CC(=O)Nc2ccc(C)cc2F)c2ccccc2)cc1. The molecule has 0 heterocycles. The van der Waals surface area contributed by atoms with E-state index < -0.39 is 28.3 Å². The van der Waals surface area contributed by atoms with E-state index in [0.29, 0.717) is 11.3 Å². The van der Waals surface area contributed by atoms with Gasteiger partial charge in [-0.2, -0.15) is 0 Å². The number of rotatable bonds is 6. The van der Waals surface area contributed by atoms with Gasteiger partial charge in [-0.15, -0.1) is 0 Å². The molecular formula is C22H21FN2O3S. The highest BCUT2D eigenvalue weighted by atomic mass is 32.2. The zero-order valence-electron chi connectivity index (χ0n) is 16.1. The van der Waals surface area contributed by atoms with Crippen LogP contribution < -0.4 is 9.62 Å². The minimum absolute atomic E-state index is 0.00125. The summed E-state index contributed by atoms with van der Waals surface area (Å²) < 4.78 is 41.5. The maximum absolute atomic E-state index is 14.1. The Morgan fingerprint density at radius 3 is 2.17 bits per heavy atom. The summed E-state index contributed by atoms with van der Waals surface area (Å²) in [7, 11) is -4.00. The molecule has 0 spiro atoms. The second-order valence-electron chi connectivity index (χ2n) is 6.69. The fraction of sp³-hybridized carbons (Fsp3) is 0.136. The largest absolute Gasteiger partial charge is 0.322 e. The number of halogens is 1. The van der Waals surface area contributed by atoms with Crippen molar-refractivity contribution >= 4 is 27.3 Å². The molecule has 0 aromatic heterocycles. The number of hydrogen-bond donors (Lipinski definition) is 1. The molecule has 1 N–H and O–H groups in total. The van der Waals surface area contributed by atoms with Crippen molar-refractivity contribution in [2.75, 3.05) is 16.2 Å². The van der Waals surface area contributed by atoms with Crippen LogP contribution in [0.15, 0.2) is 77.7 Å². The van der Waals surface area contributed by atoms with Crippen molar-refractivity contribution in [2.45, 2.75) is 18.7 Å². The van der Waals surface area contributed by atoms with Gasteiger partial charge in [-0.25, -0.2) is 12.8 Å². The fourth-order valence-corrected chi connectivity index (χ4v) is 4.21. The summed E-state index contributed by atoms with van der Waals surface area (Å²) in [5, 5.41) is 2.45. The summed E-state index contributed by atoms with van der Waals surface area (Å²) in [6.07, 6.45) is 0. The number of carbonyl (C=O) groups is 1. The molecule has 150 valence electrons. The summed E-state index contributed by atoms with van der Waals surface area (Å²) in [5.41, 5.74) is 1.98. The van der Waals surface area contributed by atoms with E-state index >= 15 is 0 Å². The summed E-state index contributed by atoms with van der Waals surface area (Å²) in [6, 6.07) is 19.1. The molecule has 0 saturated carbocycles. The summed E-state index contributed by atoms with van der Waals surface area (Å²) in [4.78, 5) is 12.7. The lowest BCUT2D eigenvalue weighted by Gasteiger charge is -2.24. The van der Waals surface area contributed by atoms with Crippen molar-refractivity contribution in [1.29, 1.82) is 0 Å². The highest BCUT2D eigenvalue weighted by Gasteiger charge is 2.27. The Labute approximate surface area is 169 Å². The molecule has 0 saturated heterocycles. The number of amides is 1. The van der Waals surface area contributed by atoms with Gasteiger partial charge in [0.2, 0.25) is 5.91 Å². The fourth-order valence-electron chi connectivity index (χ4n) is 2.79. The molecule has 0 aliphatic rings. The van der Waals surface area contributed by atoms with E-state index in [2.05, 4.69) is 5.32 Å². The van der Waals surface area contributed by atoms with Gasteiger partial charge in [-0.05, 0) is 55.8 Å². The Morgan fingerprint density at radius 2 is 1.55 bits per heavy atom. The van der Waals surface area contributed by atoms with E-state index in [4.69, 9.17) is 0 Å². The van der Waals surface area contributed by atoms with Crippen LogP contribution in [0.4, 0.5) is 15.8 Å². The van der Waals surface area contributed by atoms with Crippen LogP contribution in [-0.2, 0) is 14.8 Å². The second kappa shape index (κ2) is 8.45. The lowest BCUT2D eigenvalue weighted by atomic mass is 10.2. The zero-order chi connectivity index (χ0) is 21.0. The summed E-state index contributed by atoms with van der Waals surface area (Å²) in [5.74, 6) is -1.22. The van der Waals surface area contributed by atoms with Gasteiger partial charge in [-0.1, -0.05) is 42.0 Å². The van der Waals surface area contributed by atoms with Gasteiger partial charge >= 0.3 is 0 Å². The molecule has 0 bridgehead atoms. The number of nitrogens with zero attached hydrogens (tertiary/aromatic N) is 1. The van der Waals surface area contributed by atoms with Crippen LogP contribution in [0.2, 0.25) is 0 Å². The molecule has 3 aromatic rings. The first kappa shape index (κ1) is 20.5. The van der Waals surface area contributed by atoms with Crippen molar-refractivity contribution in [3.63, 3.8) is 0 Å². The van der Waals surface area contributed by atoms with Crippen LogP contribution in [0.25, 0.3) is 0 Å². The lowest BCUT2D eigenvalue weighted by Crippen LogP contribution is -2.38. The molecule has 0 unspecified atom stereocenters. The van der Waals surface area contributed by atoms with Gasteiger partial charge in [0.25, 0.3) is 10.0 Å². The minimum Gasteiger partial charge on any atom is -0.322 e. The van der Waals surface area contributed by atoms with Gasteiger partial charge in [0.05, 0.1) is 16.3 Å². The van der Waals surface area contributed by atoms with Gasteiger partial charge in [0, 0.05) is 0 Å². The maximum Gasteiger partial charge on any atom is 0.264 e. The third-order valence-corrected chi connectivity index (χ3v) is 6.13. The Balaban J connectivity index is 1.92. The highest BCUT2D eigenvalue weighted by Crippen LogP contribution is 2.24. The molecule has 3 rings (SSSR count). The van der Waals surface area contributed by atoms with Crippen molar-refractivity contribution in [2.24, 2.45) is 0 Å². The molecule has 5 nitrogen and oxygen atoms in total. The van der Waals surface area contributed by atoms with E-state index in [1.165, 1.54) is 24.3 Å². The first-order valence-corrected chi connectivity index (χ1v) is 10.4. The Hall–Kier alpha value is -3.19. The first-order valence-electron chi connectivity index (χ1n) is 8.98. The Kier molecular flexibility index (Phi) is 5.98. The number of aryl methyl sites for hydroxylation is 2. The number of sulfonamides is 1. The molecule has 0 atom stereocenters. The van der Waals surface area contributed by atoms with Crippen LogP contribution in [0.1, 0.15) is 11.1 Å². The van der Waals surface area contributed by atoms with Crippen LogP contribution in [-0.4, -0.2) is 20.9 Å². The van der Waals surface area contributed by atoms with Crippen molar-refractivity contribution in [1.82, 2.24) is 0 Å². The van der Waals surface area contributed by atoms with E-state index in [-0.39, 0.29) is 10.6 Å². The molecule has 0 aliphatic carbocycles. The van der Waals surface area contributed by atoms with E-state index in [1.807, 2.05) is 6.92 Å². The van der Waals surface area contributed by atoms with Crippen LogP contribution in [0, 0.1) is 19.7 Å². The monoisotopic (exact) mass is 412 g/mol. The highest BCUT2D eigenvalue weighted by molar-refractivity contribution is 7.92. The first-order chi connectivity index (χ1) is 13.8. The standard InChI is InChI=1S/C22H21FN2O3S/c1-16-8-11-19(12-9-16)29(27,28)25(18-6-4-3-5-7-18)15-22(26)24-21-13-10-17(2)14-20(21)23/h3-14H,15H2,1-2H3,(H,24,26). The smallest absolute Gasteiger partial charge is 0.264 e. The van der Waals surface area contributed by atoms with Crippen LogP contribution >= 0.6 is 0 Å². The average molecular weight is 412 g/mol. The van der Waals surface area contributed by atoms with E-state index in [9.17, 15) is 17.6 Å². The van der Waals surface area contributed by atoms with Gasteiger partial charge in [0.1, 0.15) is 12.4 Å². The summed E-state index contributed by atoms with van der Waals surface area (Å²) >= 11 is 0. The van der Waals surface area contributed by atoms with Crippen LogP contribution in [0.3, 0.4) is 0 Å². The molecule has 1 amide bonds. The van der Waals surface area contributed by atoms with E-state index in [0.717, 1.165) is 9.87 Å². The van der Waals surface area contributed by atoms with E-state index in [1.54, 1.807) is 55.5 Å². The molecule has 7 heteroatoms. The van der Waals surface area contributed by atoms with Crippen molar-refractivity contribution in [3.8, 4) is 0 Å². The van der Waals surface area contributed by atoms with Crippen molar-refractivity contribution < 1.29 is 17.6 Å². The molecule has 0 radical (unpaired) electrons. The van der Waals surface area contributed by atoms with Gasteiger partial charge < -0.3 is 5.32 Å². The third-order valence-electron chi connectivity index (χ3n) is 4.34. The predicted molar refractivity (Wildman–Crippen MR) is 112 cm³/mol. The number of para-hydroxylation sites is 1. The molecular weight excluding hydrogens is 391 g/mol. The predicted octanol–water partition coefficient (Wildman–Crippen LogP) is 4.28. The molecule has 29 heavy (non-hydrogen) atoms. The zero-order valence-corrected chi connectivity index (χ0v) is 16.9. The summed E-state index contributed by atoms with van der Waals surface area (Å²) in [6.45, 7) is 3.10. The third kappa shape index (κ3) is 4.81. The number of carbonyl (C=O) groups excluding carboxylic acids is 1. The molecule has 3 aromatic carbocycles. The number of benzene rings is 3. The topological polar surface area (TPSA) is 66.5 Å². The quantitative estimate of drug-likeness (QED) is 0.657. The van der Waals surface area contributed by atoms with Crippen LogP contribution in [0.5, 0.6) is 0 Å². The average Bonchev–Trinajstić information content (AvgIpc) is 2.69. The maximum atomic E-state index is 14.1. The Bertz CT molecular complexity index is 1110. The van der Waals surface area contributed by atoms with Gasteiger partial charge in [-0.3, -0.25) is 9.10 Å². The molecule has 0 aliphatic heterocycles. The van der Waals surface area contributed by atoms with Gasteiger partial charge in [0.15, 0.2) is 0 Å². The number of anilines is 2. The lowest BCUT2D eigenvalue weighted by molar-refractivity contribution is -0.114. The minimum atomic E-state index is -4.00. The number of nitrogens with one attached hydrogen (secondary N) is 1. The normalized spacial score (nSPS) is 11.1.